The molecule has 0 aromatic heterocycles. The van der Waals surface area contributed by atoms with Gasteiger partial charge >= 0.3 is 0 Å². The van der Waals surface area contributed by atoms with Gasteiger partial charge in [0.05, 0.1) is 6.54 Å². The summed E-state index contributed by atoms with van der Waals surface area (Å²) in [6.45, 7) is 3.95. The predicted octanol–water partition coefficient (Wildman–Crippen LogP) is 4.10. The van der Waals surface area contributed by atoms with E-state index < -0.39 is 11.4 Å². The molecular weight excluding hydrogens is 346 g/mol. The molecule has 134 valence electrons. The van der Waals surface area contributed by atoms with E-state index in [2.05, 4.69) is 5.32 Å². The third-order valence-electron chi connectivity index (χ3n) is 4.08. The van der Waals surface area contributed by atoms with Crippen molar-refractivity contribution in [1.82, 2.24) is 10.2 Å². The lowest BCUT2D eigenvalue weighted by Gasteiger charge is -2.29. The van der Waals surface area contributed by atoms with Crippen LogP contribution in [0.2, 0.25) is 5.02 Å². The van der Waals surface area contributed by atoms with Crippen LogP contribution < -0.4 is 5.32 Å². The minimum atomic E-state index is -0.626. The maximum absolute atomic E-state index is 13.7. The molecule has 3 nitrogen and oxygen atoms in total. The lowest BCUT2D eigenvalue weighted by molar-refractivity contribution is -0.129. The lowest BCUT2D eigenvalue weighted by atomic mass is 9.94. The van der Waals surface area contributed by atoms with E-state index in [1.165, 1.54) is 23.1 Å². The van der Waals surface area contributed by atoms with Crippen LogP contribution in [0.3, 0.4) is 0 Å². The molecule has 1 N–H and O–H groups in total. The van der Waals surface area contributed by atoms with Gasteiger partial charge in [-0.1, -0.05) is 35.9 Å². The molecule has 2 rings (SSSR count). The highest BCUT2D eigenvalue weighted by Gasteiger charge is 2.24. The first-order valence-electron chi connectivity index (χ1n) is 7.88. The first-order valence-corrected chi connectivity index (χ1v) is 8.26. The van der Waals surface area contributed by atoms with Crippen molar-refractivity contribution in [3.05, 3.63) is 70.2 Å². The second-order valence-corrected chi connectivity index (χ2v) is 6.85. The maximum Gasteiger partial charge on any atom is 0.236 e. The molecular formula is C19H21ClF2N2O. The van der Waals surface area contributed by atoms with Crippen LogP contribution in [0.25, 0.3) is 0 Å². The number of rotatable bonds is 6. The molecule has 1 amide bonds. The molecule has 0 aliphatic rings. The zero-order valence-electron chi connectivity index (χ0n) is 14.4. The summed E-state index contributed by atoms with van der Waals surface area (Å²) in [5.41, 5.74) is 0.526. The minimum absolute atomic E-state index is 0.0473. The Morgan fingerprint density at radius 1 is 1.20 bits per heavy atom. The van der Waals surface area contributed by atoms with Crippen molar-refractivity contribution < 1.29 is 13.6 Å². The van der Waals surface area contributed by atoms with E-state index in [0.717, 1.165) is 0 Å². The van der Waals surface area contributed by atoms with E-state index in [1.54, 1.807) is 31.3 Å². The molecule has 0 aliphatic carbocycles. The first-order chi connectivity index (χ1) is 11.7. The molecule has 2 aromatic carbocycles. The molecule has 0 radical (unpaired) electrons. The molecule has 0 aliphatic heterocycles. The fraction of sp³-hybridized carbons (Fsp3) is 0.316. The van der Waals surface area contributed by atoms with Gasteiger partial charge in [0.1, 0.15) is 11.6 Å². The monoisotopic (exact) mass is 366 g/mol. The number of halogens is 3. The van der Waals surface area contributed by atoms with Crippen LogP contribution in [-0.4, -0.2) is 24.4 Å². The highest BCUT2D eigenvalue weighted by Crippen LogP contribution is 2.28. The second-order valence-electron chi connectivity index (χ2n) is 6.44. The number of likely N-dealkylation sites (N-methyl/N-ethyl adjacent to an activating group) is 1. The largest absolute Gasteiger partial charge is 0.340 e. The van der Waals surface area contributed by atoms with Gasteiger partial charge in [0.15, 0.2) is 0 Å². The number of nitrogens with zero attached hydrogens (tertiary/aromatic N) is 1. The highest BCUT2D eigenvalue weighted by atomic mass is 35.5. The van der Waals surface area contributed by atoms with Crippen molar-refractivity contribution in [2.45, 2.75) is 25.9 Å². The van der Waals surface area contributed by atoms with Crippen molar-refractivity contribution >= 4 is 17.5 Å². The third-order valence-corrected chi connectivity index (χ3v) is 4.39. The summed E-state index contributed by atoms with van der Waals surface area (Å²) in [5.74, 6) is -0.937. The Bertz CT molecular complexity index is 765. The maximum atomic E-state index is 13.7. The van der Waals surface area contributed by atoms with Gasteiger partial charge in [0.25, 0.3) is 0 Å². The Kier molecular flexibility index (Phi) is 6.14. The fourth-order valence-electron chi connectivity index (χ4n) is 2.49. The van der Waals surface area contributed by atoms with Gasteiger partial charge in [-0.3, -0.25) is 10.1 Å². The number of hydrogen-bond acceptors (Lipinski definition) is 2. The Morgan fingerprint density at radius 2 is 1.88 bits per heavy atom. The van der Waals surface area contributed by atoms with E-state index in [-0.39, 0.29) is 24.8 Å². The van der Waals surface area contributed by atoms with Gasteiger partial charge in [-0.2, -0.15) is 0 Å². The summed E-state index contributed by atoms with van der Waals surface area (Å²) in [5, 5.41) is 3.42. The van der Waals surface area contributed by atoms with Gasteiger partial charge in [-0.15, -0.1) is 0 Å². The highest BCUT2D eigenvalue weighted by molar-refractivity contribution is 6.31. The van der Waals surface area contributed by atoms with Crippen LogP contribution in [0.4, 0.5) is 8.78 Å². The van der Waals surface area contributed by atoms with E-state index >= 15 is 0 Å². The number of carbonyl (C=O) groups excluding carboxylic acids is 1. The summed E-state index contributed by atoms with van der Waals surface area (Å²) < 4.78 is 26.9. The van der Waals surface area contributed by atoms with Crippen LogP contribution in [0.1, 0.15) is 25.0 Å². The third kappa shape index (κ3) is 5.00. The number of hydrogen-bond donors (Lipinski definition) is 1. The van der Waals surface area contributed by atoms with E-state index in [4.69, 9.17) is 11.6 Å². The number of nitrogens with one attached hydrogen (secondary N) is 1. The zero-order valence-corrected chi connectivity index (χ0v) is 15.2. The molecule has 0 unspecified atom stereocenters. The summed E-state index contributed by atoms with van der Waals surface area (Å²) >= 11 is 6.10. The Balaban J connectivity index is 1.99. The van der Waals surface area contributed by atoms with Gasteiger partial charge < -0.3 is 4.90 Å². The SMILES string of the molecule is CN(Cc1ccccc1F)C(=O)CNC(C)(C)c1ccc(F)cc1Cl. The zero-order chi connectivity index (χ0) is 18.6. The minimum Gasteiger partial charge on any atom is -0.340 e. The summed E-state index contributed by atoms with van der Waals surface area (Å²) in [7, 11) is 1.62. The molecule has 0 heterocycles. The summed E-state index contributed by atoms with van der Waals surface area (Å²) in [4.78, 5) is 13.8. The van der Waals surface area contributed by atoms with Crippen LogP contribution in [0.15, 0.2) is 42.5 Å². The average molecular weight is 367 g/mol. The van der Waals surface area contributed by atoms with Crippen molar-refractivity contribution in [3.8, 4) is 0 Å². The summed E-state index contributed by atoms with van der Waals surface area (Å²) in [6, 6.07) is 10.5. The van der Waals surface area contributed by atoms with Crippen molar-refractivity contribution in [3.63, 3.8) is 0 Å². The molecule has 0 spiro atoms. The predicted molar refractivity (Wildman–Crippen MR) is 95.3 cm³/mol. The molecule has 25 heavy (non-hydrogen) atoms. The topological polar surface area (TPSA) is 32.3 Å². The van der Waals surface area contributed by atoms with Gasteiger partial charge in [-0.25, -0.2) is 8.78 Å². The fourth-order valence-corrected chi connectivity index (χ4v) is 2.90. The van der Waals surface area contributed by atoms with E-state index in [0.29, 0.717) is 16.1 Å². The van der Waals surface area contributed by atoms with Crippen molar-refractivity contribution in [1.29, 1.82) is 0 Å². The Morgan fingerprint density at radius 3 is 2.52 bits per heavy atom. The van der Waals surface area contributed by atoms with Crippen LogP contribution in [0.5, 0.6) is 0 Å². The number of benzene rings is 2. The summed E-state index contributed by atoms with van der Waals surface area (Å²) in [6.07, 6.45) is 0. The molecule has 0 saturated carbocycles. The molecule has 0 atom stereocenters. The first kappa shape index (κ1) is 19.3. The van der Waals surface area contributed by atoms with Crippen LogP contribution in [0, 0.1) is 11.6 Å². The second kappa shape index (κ2) is 7.93. The number of carbonyl (C=O) groups is 1. The smallest absolute Gasteiger partial charge is 0.236 e. The number of amides is 1. The average Bonchev–Trinajstić information content (AvgIpc) is 2.54. The van der Waals surface area contributed by atoms with Gasteiger partial charge in [0, 0.05) is 29.7 Å². The quantitative estimate of drug-likeness (QED) is 0.834. The Hall–Kier alpha value is -1.98. The van der Waals surface area contributed by atoms with Crippen molar-refractivity contribution in [2.75, 3.05) is 13.6 Å². The molecule has 0 fully saturated rings. The van der Waals surface area contributed by atoms with Gasteiger partial charge in [-0.05, 0) is 37.6 Å². The Labute approximate surface area is 151 Å². The van der Waals surface area contributed by atoms with Crippen molar-refractivity contribution in [2.24, 2.45) is 0 Å². The van der Waals surface area contributed by atoms with Crippen LogP contribution >= 0.6 is 11.6 Å². The molecule has 0 saturated heterocycles. The molecule has 0 bridgehead atoms. The van der Waals surface area contributed by atoms with Gasteiger partial charge in [0.2, 0.25) is 5.91 Å². The standard InChI is InChI=1S/C19H21ClF2N2O/c1-19(2,15-9-8-14(21)10-16(15)20)23-11-18(25)24(3)12-13-6-4-5-7-17(13)22/h4-10,23H,11-12H2,1-3H3. The van der Waals surface area contributed by atoms with E-state index in [1.807, 2.05) is 13.8 Å². The molecule has 6 heteroatoms. The lowest BCUT2D eigenvalue weighted by Crippen LogP contribution is -2.44. The van der Waals surface area contributed by atoms with E-state index in [9.17, 15) is 13.6 Å². The molecule has 2 aromatic rings. The normalized spacial score (nSPS) is 11.4. The van der Waals surface area contributed by atoms with Crippen LogP contribution in [-0.2, 0) is 16.9 Å².